The predicted molar refractivity (Wildman–Crippen MR) is 130 cm³/mol. The highest BCUT2D eigenvalue weighted by Crippen LogP contribution is 2.34. The van der Waals surface area contributed by atoms with E-state index in [4.69, 9.17) is 10.5 Å². The van der Waals surface area contributed by atoms with Gasteiger partial charge in [0.2, 0.25) is 0 Å². The molecule has 6 aromatic rings. The van der Waals surface area contributed by atoms with Crippen LogP contribution < -0.4 is 10.5 Å². The number of aromatic amines is 2. The van der Waals surface area contributed by atoms with Crippen molar-refractivity contribution >= 4 is 27.8 Å². The van der Waals surface area contributed by atoms with Crippen LogP contribution in [0.2, 0.25) is 0 Å². The van der Waals surface area contributed by atoms with E-state index in [0.29, 0.717) is 18.2 Å². The first-order valence-electron chi connectivity index (χ1n) is 10.6. The van der Waals surface area contributed by atoms with E-state index in [1.807, 2.05) is 54.7 Å². The van der Waals surface area contributed by atoms with Crippen LogP contribution in [0.1, 0.15) is 5.56 Å². The zero-order valence-corrected chi connectivity index (χ0v) is 17.6. The minimum absolute atomic E-state index is 0.490. The van der Waals surface area contributed by atoms with Gasteiger partial charge in [0.1, 0.15) is 18.0 Å². The number of hydrogen-bond donors (Lipinski definition) is 3. The Labute approximate surface area is 189 Å². The number of nitrogens with one attached hydrogen (secondary N) is 2. The lowest BCUT2D eigenvalue weighted by molar-refractivity contribution is 0.305. The van der Waals surface area contributed by atoms with E-state index >= 15 is 0 Å². The summed E-state index contributed by atoms with van der Waals surface area (Å²) in [6.07, 6.45) is 5.35. The number of H-pyrrole nitrogens is 2. The van der Waals surface area contributed by atoms with Gasteiger partial charge in [0.25, 0.3) is 0 Å². The predicted octanol–water partition coefficient (Wildman–Crippen LogP) is 5.33. The lowest BCUT2D eigenvalue weighted by atomic mass is 10.0. The molecule has 0 unspecified atom stereocenters. The summed E-state index contributed by atoms with van der Waals surface area (Å²) in [5, 5.41) is 8.96. The molecule has 2 aromatic carbocycles. The number of nitrogens with two attached hydrogens (primary N) is 1. The van der Waals surface area contributed by atoms with Gasteiger partial charge in [0, 0.05) is 34.4 Å². The van der Waals surface area contributed by atoms with Crippen LogP contribution in [0.5, 0.6) is 5.75 Å². The first kappa shape index (κ1) is 19.1. The molecule has 0 aliphatic carbocycles. The largest absolute Gasteiger partial charge is 0.487 e. The summed E-state index contributed by atoms with van der Waals surface area (Å²) in [5.74, 6) is 1.20. The molecule has 160 valence electrons. The molecule has 0 fully saturated rings. The third-order valence-corrected chi connectivity index (χ3v) is 5.71. The normalized spacial score (nSPS) is 11.3. The van der Waals surface area contributed by atoms with Crippen molar-refractivity contribution in [2.24, 2.45) is 0 Å². The topological polar surface area (TPSA) is 106 Å². The molecule has 0 saturated heterocycles. The number of fused-ring (bicyclic) bond motifs is 2. The van der Waals surface area contributed by atoms with Crippen LogP contribution in [-0.2, 0) is 6.61 Å². The molecular weight excluding hydrogens is 412 g/mol. The smallest absolute Gasteiger partial charge is 0.153 e. The van der Waals surface area contributed by atoms with Gasteiger partial charge in [-0.1, -0.05) is 36.4 Å². The van der Waals surface area contributed by atoms with Gasteiger partial charge < -0.3 is 15.5 Å². The van der Waals surface area contributed by atoms with Gasteiger partial charge in [-0.15, -0.1) is 0 Å². The number of hydrogen-bond acceptors (Lipinski definition) is 5. The fraction of sp³-hybridized carbons (Fsp3) is 0.0385. The van der Waals surface area contributed by atoms with Crippen molar-refractivity contribution in [1.29, 1.82) is 0 Å². The second-order valence-electron chi connectivity index (χ2n) is 7.86. The first-order chi connectivity index (χ1) is 16.2. The van der Waals surface area contributed by atoms with Crippen LogP contribution in [0.15, 0.2) is 85.3 Å². The Balaban J connectivity index is 1.35. The van der Waals surface area contributed by atoms with Crippen LogP contribution in [0.25, 0.3) is 44.3 Å². The second-order valence-corrected chi connectivity index (χ2v) is 7.86. The number of ether oxygens (including phenoxy) is 1. The molecule has 4 heterocycles. The number of rotatable bonds is 5. The molecule has 0 atom stereocenters. The van der Waals surface area contributed by atoms with Crippen molar-refractivity contribution in [2.75, 3.05) is 5.73 Å². The molecule has 0 radical (unpaired) electrons. The summed E-state index contributed by atoms with van der Waals surface area (Å²) in [6, 6.07) is 22.3. The molecule has 7 nitrogen and oxygen atoms in total. The molecular formula is C26H20N6O. The minimum atomic E-state index is 0.490. The van der Waals surface area contributed by atoms with Gasteiger partial charge in [-0.05, 0) is 47.0 Å². The average molecular weight is 432 g/mol. The van der Waals surface area contributed by atoms with Crippen molar-refractivity contribution in [3.63, 3.8) is 0 Å². The van der Waals surface area contributed by atoms with Crippen LogP contribution in [0.4, 0.5) is 5.82 Å². The van der Waals surface area contributed by atoms with E-state index in [9.17, 15) is 0 Å². The van der Waals surface area contributed by atoms with Crippen LogP contribution >= 0.6 is 0 Å². The Hall–Kier alpha value is -4.65. The van der Waals surface area contributed by atoms with Crippen LogP contribution in [-0.4, -0.2) is 25.1 Å². The van der Waals surface area contributed by atoms with Gasteiger partial charge in [-0.3, -0.25) is 10.1 Å². The van der Waals surface area contributed by atoms with Crippen LogP contribution in [0, 0.1) is 0 Å². The van der Waals surface area contributed by atoms with E-state index < -0.39 is 0 Å². The third kappa shape index (κ3) is 3.55. The lowest BCUT2D eigenvalue weighted by Gasteiger charge is -2.07. The Morgan fingerprint density at radius 3 is 2.70 bits per heavy atom. The standard InChI is InChI=1S/C26H20N6O/c27-25-22-11-17(6-7-23(22)31-32-25)20-8-9-29-26-21(20)12-24(30-26)18-10-19(14-28-13-18)33-15-16-4-2-1-3-5-16/h1-14H,15H2,(H,29,30)(H3,27,31,32). The molecule has 0 bridgehead atoms. The molecule has 0 spiro atoms. The number of anilines is 1. The fourth-order valence-corrected chi connectivity index (χ4v) is 4.02. The first-order valence-corrected chi connectivity index (χ1v) is 10.6. The van der Waals surface area contributed by atoms with Gasteiger partial charge in [-0.2, -0.15) is 5.10 Å². The monoisotopic (exact) mass is 432 g/mol. The molecule has 0 amide bonds. The van der Waals surface area contributed by atoms with E-state index in [1.54, 1.807) is 12.4 Å². The van der Waals surface area contributed by atoms with Gasteiger partial charge in [0.15, 0.2) is 5.82 Å². The average Bonchev–Trinajstić information content (AvgIpc) is 3.47. The van der Waals surface area contributed by atoms with Gasteiger partial charge in [0.05, 0.1) is 11.7 Å². The van der Waals surface area contributed by atoms with Crippen molar-refractivity contribution in [2.45, 2.75) is 6.61 Å². The summed E-state index contributed by atoms with van der Waals surface area (Å²) in [6.45, 7) is 0.490. The van der Waals surface area contributed by atoms with Crippen LogP contribution in [0.3, 0.4) is 0 Å². The summed E-state index contributed by atoms with van der Waals surface area (Å²) < 4.78 is 5.95. The van der Waals surface area contributed by atoms with Gasteiger partial charge >= 0.3 is 0 Å². The van der Waals surface area contributed by atoms with E-state index in [1.165, 1.54) is 0 Å². The van der Waals surface area contributed by atoms with Crippen molar-refractivity contribution < 1.29 is 4.74 Å². The number of pyridine rings is 2. The zero-order valence-electron chi connectivity index (χ0n) is 17.6. The molecule has 0 aliphatic rings. The van der Waals surface area contributed by atoms with Crippen molar-refractivity contribution in [3.8, 4) is 28.1 Å². The highest BCUT2D eigenvalue weighted by molar-refractivity contribution is 5.99. The Morgan fingerprint density at radius 2 is 1.79 bits per heavy atom. The molecule has 4 aromatic heterocycles. The Morgan fingerprint density at radius 1 is 0.879 bits per heavy atom. The molecule has 7 heteroatoms. The minimum Gasteiger partial charge on any atom is -0.487 e. The SMILES string of the molecule is Nc1n[nH]c2ccc(-c3ccnc4[nH]c(-c5cncc(OCc6ccccc6)c5)cc34)cc12. The van der Waals surface area contributed by atoms with E-state index in [2.05, 4.69) is 43.3 Å². The third-order valence-electron chi connectivity index (χ3n) is 5.71. The zero-order chi connectivity index (χ0) is 22.2. The Bertz CT molecular complexity index is 1590. The molecule has 33 heavy (non-hydrogen) atoms. The maximum Gasteiger partial charge on any atom is 0.153 e. The van der Waals surface area contributed by atoms with E-state index in [-0.39, 0.29) is 0 Å². The quantitative estimate of drug-likeness (QED) is 0.341. The lowest BCUT2D eigenvalue weighted by Crippen LogP contribution is -1.95. The maximum atomic E-state index is 6.01. The maximum absolute atomic E-state index is 6.01. The molecule has 4 N–H and O–H groups in total. The molecule has 0 saturated carbocycles. The van der Waals surface area contributed by atoms with Crippen molar-refractivity contribution in [1.82, 2.24) is 25.1 Å². The summed E-state index contributed by atoms with van der Waals surface area (Å²) >= 11 is 0. The molecule has 6 rings (SSSR count). The number of nitrogens with zero attached hydrogens (tertiary/aromatic N) is 3. The number of nitrogen functional groups attached to an aromatic ring is 1. The summed E-state index contributed by atoms with van der Waals surface area (Å²) in [4.78, 5) is 12.3. The highest BCUT2D eigenvalue weighted by atomic mass is 16.5. The Kier molecular flexibility index (Phi) is 4.51. The summed E-state index contributed by atoms with van der Waals surface area (Å²) in [7, 11) is 0. The summed E-state index contributed by atoms with van der Waals surface area (Å²) in [5.41, 5.74) is 12.8. The van der Waals surface area contributed by atoms with Gasteiger partial charge in [-0.25, -0.2) is 4.98 Å². The fourth-order valence-electron chi connectivity index (χ4n) is 4.02. The number of benzene rings is 2. The highest BCUT2D eigenvalue weighted by Gasteiger charge is 2.12. The number of aromatic nitrogens is 5. The van der Waals surface area contributed by atoms with Crippen molar-refractivity contribution in [3.05, 3.63) is 90.9 Å². The molecule has 0 aliphatic heterocycles. The second kappa shape index (κ2) is 7.80. The van der Waals surface area contributed by atoms with E-state index in [0.717, 1.165) is 49.9 Å².